The third-order valence-corrected chi connectivity index (χ3v) is 3.66. The molecule has 1 atom stereocenters. The number of anilines is 1. The van der Waals surface area contributed by atoms with Crippen LogP contribution in [-0.4, -0.2) is 32.4 Å². The van der Waals surface area contributed by atoms with Gasteiger partial charge in [-0.05, 0) is 25.1 Å². The number of amides is 1. The third-order valence-electron chi connectivity index (χ3n) is 2.56. The van der Waals surface area contributed by atoms with Gasteiger partial charge in [0.15, 0.2) is 0 Å². The normalized spacial score (nSPS) is 13.8. The first-order valence-corrected chi connectivity index (χ1v) is 7.91. The molecule has 1 aromatic carbocycles. The van der Waals surface area contributed by atoms with E-state index in [0.717, 1.165) is 18.4 Å². The average Bonchev–Trinajstić information content (AvgIpc) is 2.24. The summed E-state index contributed by atoms with van der Waals surface area (Å²) in [5, 5.41) is 2.31. The Labute approximate surface area is 120 Å². The summed E-state index contributed by atoms with van der Waals surface area (Å²) in [5.41, 5.74) is 4.03. The van der Waals surface area contributed by atoms with Crippen LogP contribution in [0, 0.1) is 0 Å². The molecule has 0 spiro atoms. The van der Waals surface area contributed by atoms with E-state index in [0.29, 0.717) is 6.07 Å². The lowest BCUT2D eigenvalue weighted by molar-refractivity contribution is -0.137. The molecule has 118 valence electrons. The predicted octanol–water partition coefficient (Wildman–Crippen LogP) is 1.45. The zero-order valence-corrected chi connectivity index (χ0v) is 12.2. The summed E-state index contributed by atoms with van der Waals surface area (Å²) in [5.74, 6) is -1.17. The number of alkyl halides is 3. The van der Waals surface area contributed by atoms with Crippen LogP contribution in [0.4, 0.5) is 18.9 Å². The van der Waals surface area contributed by atoms with E-state index in [4.69, 9.17) is 5.73 Å². The van der Waals surface area contributed by atoms with E-state index in [-0.39, 0.29) is 17.0 Å². The van der Waals surface area contributed by atoms with E-state index in [1.807, 2.05) is 0 Å². The number of hydrogen-bond acceptors (Lipinski definition) is 4. The van der Waals surface area contributed by atoms with Crippen molar-refractivity contribution < 1.29 is 26.4 Å². The smallest absolute Gasteiger partial charge is 0.398 e. The molecule has 1 aromatic rings. The fourth-order valence-corrected chi connectivity index (χ4v) is 2.72. The van der Waals surface area contributed by atoms with Crippen molar-refractivity contribution in [3.8, 4) is 0 Å². The molecule has 1 unspecified atom stereocenters. The predicted molar refractivity (Wildman–Crippen MR) is 72.5 cm³/mol. The number of benzene rings is 1. The second-order valence-electron chi connectivity index (χ2n) is 4.77. The number of hydrogen-bond donors (Lipinski definition) is 2. The highest BCUT2D eigenvalue weighted by molar-refractivity contribution is 7.90. The Morgan fingerprint density at radius 3 is 2.43 bits per heavy atom. The van der Waals surface area contributed by atoms with Crippen LogP contribution in [0.3, 0.4) is 0 Å². The van der Waals surface area contributed by atoms with Gasteiger partial charge in [0.1, 0.15) is 9.84 Å². The number of nitrogens with one attached hydrogen (secondary N) is 1. The summed E-state index contributed by atoms with van der Waals surface area (Å²) in [6.07, 6.45) is -3.60. The number of carbonyl (C=O) groups excluding carboxylic acids is 1. The van der Waals surface area contributed by atoms with Crippen molar-refractivity contribution in [2.45, 2.75) is 19.1 Å². The molecule has 1 amide bonds. The molecule has 0 radical (unpaired) electrons. The van der Waals surface area contributed by atoms with Crippen LogP contribution >= 0.6 is 0 Å². The zero-order chi connectivity index (χ0) is 16.4. The van der Waals surface area contributed by atoms with Gasteiger partial charge in [0.25, 0.3) is 5.91 Å². The summed E-state index contributed by atoms with van der Waals surface area (Å²) in [6.45, 7) is 1.43. The maximum Gasteiger partial charge on any atom is 0.416 e. The Morgan fingerprint density at radius 2 is 1.95 bits per heavy atom. The molecular formula is C12H15F3N2O3S. The second-order valence-corrected chi connectivity index (χ2v) is 6.95. The van der Waals surface area contributed by atoms with Crippen LogP contribution in [0.15, 0.2) is 18.2 Å². The Balaban J connectivity index is 2.97. The third kappa shape index (κ3) is 5.25. The molecule has 0 bridgehead atoms. The van der Waals surface area contributed by atoms with Crippen molar-refractivity contribution in [1.29, 1.82) is 0 Å². The van der Waals surface area contributed by atoms with Gasteiger partial charge in [-0.2, -0.15) is 13.2 Å². The number of carbonyl (C=O) groups is 1. The SMILES string of the molecule is CC(CS(C)(=O)=O)NC(=O)c1cc(C(F)(F)F)ccc1N. The van der Waals surface area contributed by atoms with Crippen LogP contribution in [-0.2, 0) is 16.0 Å². The summed E-state index contributed by atoms with van der Waals surface area (Å²) < 4.78 is 60.0. The molecule has 0 aliphatic rings. The molecule has 3 N–H and O–H groups in total. The minimum absolute atomic E-state index is 0.118. The largest absolute Gasteiger partial charge is 0.416 e. The van der Waals surface area contributed by atoms with Crippen molar-refractivity contribution in [2.24, 2.45) is 0 Å². The molecule has 1 rings (SSSR count). The lowest BCUT2D eigenvalue weighted by Crippen LogP contribution is -2.37. The lowest BCUT2D eigenvalue weighted by atomic mass is 10.1. The first-order chi connectivity index (χ1) is 9.40. The van der Waals surface area contributed by atoms with Gasteiger partial charge in [-0.25, -0.2) is 8.42 Å². The maximum atomic E-state index is 12.6. The van der Waals surface area contributed by atoms with Gasteiger partial charge in [-0.1, -0.05) is 0 Å². The van der Waals surface area contributed by atoms with Gasteiger partial charge in [0.2, 0.25) is 0 Å². The number of rotatable bonds is 4. The molecule has 21 heavy (non-hydrogen) atoms. The highest BCUT2D eigenvalue weighted by atomic mass is 32.2. The van der Waals surface area contributed by atoms with Gasteiger partial charge in [0.05, 0.1) is 16.9 Å². The molecule has 0 aliphatic heterocycles. The van der Waals surface area contributed by atoms with E-state index >= 15 is 0 Å². The van der Waals surface area contributed by atoms with Crippen molar-refractivity contribution in [3.63, 3.8) is 0 Å². The second kappa shape index (κ2) is 5.92. The molecule has 0 saturated carbocycles. The van der Waals surface area contributed by atoms with Crippen LogP contribution < -0.4 is 11.1 Å². The zero-order valence-electron chi connectivity index (χ0n) is 11.4. The fourth-order valence-electron chi connectivity index (χ4n) is 1.73. The number of halogens is 3. The number of nitrogens with two attached hydrogens (primary N) is 1. The minimum Gasteiger partial charge on any atom is -0.398 e. The Kier molecular flexibility index (Phi) is 4.87. The van der Waals surface area contributed by atoms with Gasteiger partial charge in [-0.15, -0.1) is 0 Å². The van der Waals surface area contributed by atoms with E-state index in [1.165, 1.54) is 6.92 Å². The van der Waals surface area contributed by atoms with Gasteiger partial charge >= 0.3 is 6.18 Å². The molecule has 0 aliphatic carbocycles. The molecule has 5 nitrogen and oxygen atoms in total. The van der Waals surface area contributed by atoms with Crippen LogP contribution in [0.2, 0.25) is 0 Å². The topological polar surface area (TPSA) is 89.3 Å². The Morgan fingerprint density at radius 1 is 1.38 bits per heavy atom. The standard InChI is InChI=1S/C12H15F3N2O3S/c1-7(6-21(2,19)20)17-11(18)9-5-8(12(13,14)15)3-4-10(9)16/h3-5,7H,6,16H2,1-2H3,(H,17,18). The van der Waals surface area contributed by atoms with Crippen molar-refractivity contribution >= 4 is 21.4 Å². The quantitative estimate of drug-likeness (QED) is 0.821. The fraction of sp³-hybridized carbons (Fsp3) is 0.417. The van der Waals surface area contributed by atoms with E-state index in [2.05, 4.69) is 5.32 Å². The Hall–Kier alpha value is -1.77. The highest BCUT2D eigenvalue weighted by Gasteiger charge is 2.31. The summed E-state index contributed by atoms with van der Waals surface area (Å²) in [6, 6.07) is 1.64. The van der Waals surface area contributed by atoms with Crippen molar-refractivity contribution in [3.05, 3.63) is 29.3 Å². The highest BCUT2D eigenvalue weighted by Crippen LogP contribution is 2.31. The summed E-state index contributed by atoms with van der Waals surface area (Å²) in [4.78, 5) is 11.9. The lowest BCUT2D eigenvalue weighted by Gasteiger charge is -2.15. The number of nitrogen functional groups attached to an aromatic ring is 1. The molecule has 0 aromatic heterocycles. The van der Waals surface area contributed by atoms with Crippen LogP contribution in [0.5, 0.6) is 0 Å². The van der Waals surface area contributed by atoms with E-state index < -0.39 is 33.5 Å². The van der Waals surface area contributed by atoms with E-state index in [1.54, 1.807) is 0 Å². The minimum atomic E-state index is -4.60. The molecule has 9 heteroatoms. The first-order valence-electron chi connectivity index (χ1n) is 5.85. The number of sulfone groups is 1. The van der Waals surface area contributed by atoms with Crippen molar-refractivity contribution in [2.75, 3.05) is 17.7 Å². The molecular weight excluding hydrogens is 309 g/mol. The monoisotopic (exact) mass is 324 g/mol. The summed E-state index contributed by atoms with van der Waals surface area (Å²) in [7, 11) is -3.32. The maximum absolute atomic E-state index is 12.6. The van der Waals surface area contributed by atoms with Crippen LogP contribution in [0.1, 0.15) is 22.8 Å². The summed E-state index contributed by atoms with van der Waals surface area (Å²) >= 11 is 0. The van der Waals surface area contributed by atoms with Crippen LogP contribution in [0.25, 0.3) is 0 Å². The van der Waals surface area contributed by atoms with Gasteiger partial charge in [-0.3, -0.25) is 4.79 Å². The van der Waals surface area contributed by atoms with Gasteiger partial charge < -0.3 is 11.1 Å². The average molecular weight is 324 g/mol. The molecule has 0 heterocycles. The molecule has 0 fully saturated rings. The van der Waals surface area contributed by atoms with E-state index in [9.17, 15) is 26.4 Å². The van der Waals surface area contributed by atoms with Crippen molar-refractivity contribution in [1.82, 2.24) is 5.32 Å². The van der Waals surface area contributed by atoms with Gasteiger partial charge in [0, 0.05) is 18.0 Å². The molecule has 0 saturated heterocycles. The Bertz CT molecular complexity index is 642. The first kappa shape index (κ1) is 17.3.